The number of hydrogen-bond acceptors (Lipinski definition) is 5. The van der Waals surface area contributed by atoms with Crippen molar-refractivity contribution in [3.05, 3.63) is 54.2 Å². The first-order chi connectivity index (χ1) is 12.2. The molecule has 1 aliphatic heterocycles. The zero-order valence-corrected chi connectivity index (χ0v) is 14.6. The second-order valence-corrected chi connectivity index (χ2v) is 6.40. The predicted octanol–water partition coefficient (Wildman–Crippen LogP) is 1.91. The van der Waals surface area contributed by atoms with Crippen LogP contribution < -0.4 is 15.5 Å². The van der Waals surface area contributed by atoms with Crippen molar-refractivity contribution in [2.45, 2.75) is 31.8 Å². The van der Waals surface area contributed by atoms with E-state index < -0.39 is 0 Å². The molecule has 25 heavy (non-hydrogen) atoms. The molecule has 1 aromatic carbocycles. The second kappa shape index (κ2) is 8.58. The van der Waals surface area contributed by atoms with Crippen LogP contribution in [0, 0.1) is 0 Å². The first kappa shape index (κ1) is 17.4. The summed E-state index contributed by atoms with van der Waals surface area (Å²) in [5, 5.41) is 14.5. The summed E-state index contributed by atoms with van der Waals surface area (Å²) in [6.07, 6.45) is 3.93. The van der Waals surface area contributed by atoms with Crippen LogP contribution in [0.1, 0.15) is 31.4 Å². The van der Waals surface area contributed by atoms with Gasteiger partial charge in [-0.15, -0.1) is 5.10 Å². The summed E-state index contributed by atoms with van der Waals surface area (Å²) in [5.74, 6) is 0.925. The van der Waals surface area contributed by atoms with Crippen LogP contribution in [0.2, 0.25) is 0 Å². The van der Waals surface area contributed by atoms with Gasteiger partial charge in [0.2, 0.25) is 5.91 Å². The Morgan fingerprint density at radius 1 is 1.28 bits per heavy atom. The van der Waals surface area contributed by atoms with Crippen LogP contribution in [0.15, 0.2) is 48.7 Å². The Labute approximate surface area is 148 Å². The summed E-state index contributed by atoms with van der Waals surface area (Å²) in [7, 11) is 0. The molecule has 2 atom stereocenters. The van der Waals surface area contributed by atoms with E-state index >= 15 is 0 Å². The van der Waals surface area contributed by atoms with Gasteiger partial charge in [0.05, 0.1) is 12.6 Å². The highest BCUT2D eigenvalue weighted by molar-refractivity contribution is 5.78. The molecule has 1 aliphatic rings. The van der Waals surface area contributed by atoms with Crippen LogP contribution in [-0.2, 0) is 4.79 Å². The lowest BCUT2D eigenvalue weighted by molar-refractivity contribution is -0.120. The van der Waals surface area contributed by atoms with Crippen molar-refractivity contribution in [1.29, 1.82) is 0 Å². The van der Waals surface area contributed by atoms with Crippen molar-refractivity contribution in [3.63, 3.8) is 0 Å². The fourth-order valence-corrected chi connectivity index (χ4v) is 3.27. The summed E-state index contributed by atoms with van der Waals surface area (Å²) in [6, 6.07) is 14.3. The molecule has 0 radical (unpaired) electrons. The molecule has 2 heterocycles. The standard InChI is InChI=1S/C19H25N5O/c1-15(16-7-3-2-4-8-16)22-19(25)14-20-13-17-9-6-12-24(17)18-10-5-11-21-23-18/h2-5,7-8,10-11,15,17,20H,6,9,12-14H2,1H3,(H,22,25). The summed E-state index contributed by atoms with van der Waals surface area (Å²) < 4.78 is 0. The van der Waals surface area contributed by atoms with Gasteiger partial charge in [0.15, 0.2) is 5.82 Å². The maximum atomic E-state index is 12.1. The summed E-state index contributed by atoms with van der Waals surface area (Å²) >= 11 is 0. The van der Waals surface area contributed by atoms with Crippen LogP contribution in [0.4, 0.5) is 5.82 Å². The molecule has 0 saturated carbocycles. The van der Waals surface area contributed by atoms with Crippen LogP contribution in [0.25, 0.3) is 0 Å². The molecular formula is C19H25N5O. The van der Waals surface area contributed by atoms with Gasteiger partial charge in [0.25, 0.3) is 0 Å². The minimum atomic E-state index is 0.0121. The fourth-order valence-electron chi connectivity index (χ4n) is 3.27. The smallest absolute Gasteiger partial charge is 0.234 e. The third-order valence-electron chi connectivity index (χ3n) is 4.57. The number of benzene rings is 1. The number of hydrogen-bond donors (Lipinski definition) is 2. The number of aromatic nitrogens is 2. The molecule has 0 bridgehead atoms. The molecule has 3 rings (SSSR count). The molecule has 1 amide bonds. The first-order valence-corrected chi connectivity index (χ1v) is 8.83. The van der Waals surface area contributed by atoms with E-state index in [4.69, 9.17) is 0 Å². The van der Waals surface area contributed by atoms with E-state index in [0.29, 0.717) is 12.6 Å². The van der Waals surface area contributed by atoms with Gasteiger partial charge in [-0.2, -0.15) is 5.10 Å². The summed E-state index contributed by atoms with van der Waals surface area (Å²) in [6.45, 7) is 4.08. The van der Waals surface area contributed by atoms with Gasteiger partial charge in [-0.3, -0.25) is 4.79 Å². The van der Waals surface area contributed by atoms with Crippen molar-refractivity contribution in [3.8, 4) is 0 Å². The van der Waals surface area contributed by atoms with Gasteiger partial charge >= 0.3 is 0 Å². The monoisotopic (exact) mass is 339 g/mol. The van der Waals surface area contributed by atoms with E-state index in [1.165, 1.54) is 0 Å². The average Bonchev–Trinajstić information content (AvgIpc) is 3.11. The van der Waals surface area contributed by atoms with E-state index in [9.17, 15) is 4.79 Å². The Balaban J connectivity index is 1.44. The molecule has 6 nitrogen and oxygen atoms in total. The Bertz CT molecular complexity index is 664. The molecule has 0 aliphatic carbocycles. The molecule has 2 N–H and O–H groups in total. The number of anilines is 1. The number of amides is 1. The lowest BCUT2D eigenvalue weighted by atomic mass is 10.1. The fraction of sp³-hybridized carbons (Fsp3) is 0.421. The van der Waals surface area contributed by atoms with Crippen molar-refractivity contribution < 1.29 is 4.79 Å². The van der Waals surface area contributed by atoms with Gasteiger partial charge in [0.1, 0.15) is 0 Å². The maximum Gasteiger partial charge on any atom is 0.234 e. The molecule has 1 aromatic heterocycles. The minimum absolute atomic E-state index is 0.0121. The van der Waals surface area contributed by atoms with Crippen LogP contribution in [0.5, 0.6) is 0 Å². The highest BCUT2D eigenvalue weighted by atomic mass is 16.1. The SMILES string of the molecule is CC(NC(=O)CNCC1CCCN1c1cccnn1)c1ccccc1. The molecule has 0 spiro atoms. The molecular weight excluding hydrogens is 314 g/mol. The van der Waals surface area contributed by atoms with E-state index in [2.05, 4.69) is 25.7 Å². The highest BCUT2D eigenvalue weighted by Gasteiger charge is 2.25. The van der Waals surface area contributed by atoms with Crippen LogP contribution in [-0.4, -0.2) is 41.8 Å². The molecule has 2 aromatic rings. The quantitative estimate of drug-likeness (QED) is 0.806. The molecule has 1 saturated heterocycles. The summed E-state index contributed by atoms with van der Waals surface area (Å²) in [4.78, 5) is 14.4. The van der Waals surface area contributed by atoms with Gasteiger partial charge in [0, 0.05) is 25.3 Å². The zero-order valence-electron chi connectivity index (χ0n) is 14.6. The number of nitrogens with zero attached hydrogens (tertiary/aromatic N) is 3. The maximum absolute atomic E-state index is 12.1. The zero-order chi connectivity index (χ0) is 17.5. The molecule has 2 unspecified atom stereocenters. The van der Waals surface area contributed by atoms with E-state index in [-0.39, 0.29) is 11.9 Å². The van der Waals surface area contributed by atoms with Gasteiger partial charge in [-0.25, -0.2) is 0 Å². The van der Waals surface area contributed by atoms with Crippen molar-refractivity contribution in [1.82, 2.24) is 20.8 Å². The van der Waals surface area contributed by atoms with E-state index in [1.807, 2.05) is 49.4 Å². The van der Waals surface area contributed by atoms with E-state index in [1.54, 1.807) is 6.20 Å². The third-order valence-corrected chi connectivity index (χ3v) is 4.57. The lowest BCUT2D eigenvalue weighted by Gasteiger charge is -2.25. The highest BCUT2D eigenvalue weighted by Crippen LogP contribution is 2.22. The number of nitrogens with one attached hydrogen (secondary N) is 2. The first-order valence-electron chi connectivity index (χ1n) is 8.83. The van der Waals surface area contributed by atoms with E-state index in [0.717, 1.165) is 37.3 Å². The van der Waals surface area contributed by atoms with Crippen LogP contribution >= 0.6 is 0 Å². The van der Waals surface area contributed by atoms with Gasteiger partial charge in [-0.1, -0.05) is 30.3 Å². The Hall–Kier alpha value is -2.47. The van der Waals surface area contributed by atoms with Crippen molar-refractivity contribution >= 4 is 11.7 Å². The van der Waals surface area contributed by atoms with Crippen LogP contribution in [0.3, 0.4) is 0 Å². The van der Waals surface area contributed by atoms with Gasteiger partial charge in [-0.05, 0) is 37.5 Å². The Morgan fingerprint density at radius 3 is 2.88 bits per heavy atom. The molecule has 132 valence electrons. The minimum Gasteiger partial charge on any atom is -0.351 e. The largest absolute Gasteiger partial charge is 0.351 e. The third kappa shape index (κ3) is 4.76. The molecule has 6 heteroatoms. The lowest BCUT2D eigenvalue weighted by Crippen LogP contribution is -2.42. The number of carbonyl (C=O) groups is 1. The molecule has 1 fully saturated rings. The van der Waals surface area contributed by atoms with Crippen molar-refractivity contribution in [2.75, 3.05) is 24.5 Å². The average molecular weight is 339 g/mol. The topological polar surface area (TPSA) is 70.2 Å². The van der Waals surface area contributed by atoms with Gasteiger partial charge < -0.3 is 15.5 Å². The van der Waals surface area contributed by atoms with Crippen molar-refractivity contribution in [2.24, 2.45) is 0 Å². The summed E-state index contributed by atoms with van der Waals surface area (Å²) in [5.41, 5.74) is 1.11. The second-order valence-electron chi connectivity index (χ2n) is 6.40. The Morgan fingerprint density at radius 2 is 2.12 bits per heavy atom. The number of carbonyl (C=O) groups excluding carboxylic acids is 1. The predicted molar refractivity (Wildman–Crippen MR) is 98.3 cm³/mol. The number of rotatable bonds is 7. The Kier molecular flexibility index (Phi) is 5.95. The normalized spacial score (nSPS) is 18.1.